The lowest BCUT2D eigenvalue weighted by molar-refractivity contribution is 0.00833. The molecule has 14 heavy (non-hydrogen) atoms. The highest BCUT2D eigenvalue weighted by molar-refractivity contribution is 5.20. The fourth-order valence-electron chi connectivity index (χ4n) is 3.20. The van der Waals surface area contributed by atoms with E-state index in [0.717, 1.165) is 12.8 Å². The van der Waals surface area contributed by atoms with Crippen LogP contribution in [0.4, 0.5) is 0 Å². The molecule has 0 unspecified atom stereocenters. The zero-order valence-corrected chi connectivity index (χ0v) is 9.64. The van der Waals surface area contributed by atoms with Crippen molar-refractivity contribution in [3.8, 4) is 0 Å². The lowest BCUT2D eigenvalue weighted by atomic mass is 9.80. The molecule has 2 rings (SSSR count). The van der Waals surface area contributed by atoms with Crippen molar-refractivity contribution in [2.24, 2.45) is 16.7 Å². The van der Waals surface area contributed by atoms with E-state index in [4.69, 9.17) is 0 Å². The van der Waals surface area contributed by atoms with E-state index < -0.39 is 5.60 Å². The van der Waals surface area contributed by atoms with Gasteiger partial charge in [0.25, 0.3) is 0 Å². The third-order valence-electron chi connectivity index (χ3n) is 4.72. The van der Waals surface area contributed by atoms with E-state index in [1.54, 1.807) is 6.08 Å². The molecule has 0 aromatic heterocycles. The minimum atomic E-state index is -0.606. The van der Waals surface area contributed by atoms with Crippen LogP contribution in [0.2, 0.25) is 0 Å². The van der Waals surface area contributed by atoms with Crippen molar-refractivity contribution in [2.45, 2.75) is 52.1 Å². The quantitative estimate of drug-likeness (QED) is 0.636. The summed E-state index contributed by atoms with van der Waals surface area (Å²) in [5.41, 5.74) is -0.0795. The van der Waals surface area contributed by atoms with E-state index in [0.29, 0.717) is 11.3 Å². The molecule has 0 aromatic rings. The van der Waals surface area contributed by atoms with Gasteiger partial charge < -0.3 is 5.11 Å². The van der Waals surface area contributed by atoms with Gasteiger partial charge in [0.05, 0.1) is 5.60 Å². The third-order valence-corrected chi connectivity index (χ3v) is 4.72. The van der Waals surface area contributed by atoms with Gasteiger partial charge in [0.15, 0.2) is 0 Å². The van der Waals surface area contributed by atoms with E-state index >= 15 is 0 Å². The van der Waals surface area contributed by atoms with Crippen LogP contribution in [0.5, 0.6) is 0 Å². The molecule has 0 bridgehead atoms. The standard InChI is InChI=1S/C13H22O/c1-5-13(14)7-6-11(2,3)8-10-9-12(10,13)4/h5,10,14H,1,6-9H2,2-4H3/t10-,12-,13-/m1/s1. The maximum absolute atomic E-state index is 10.5. The topological polar surface area (TPSA) is 20.2 Å². The van der Waals surface area contributed by atoms with Gasteiger partial charge in [-0.2, -0.15) is 0 Å². The molecular weight excluding hydrogens is 172 g/mol. The maximum atomic E-state index is 10.5. The lowest BCUT2D eigenvalue weighted by Gasteiger charge is -2.32. The van der Waals surface area contributed by atoms with Gasteiger partial charge in [0.1, 0.15) is 0 Å². The second-order valence-corrected chi connectivity index (χ2v) is 6.32. The highest BCUT2D eigenvalue weighted by atomic mass is 16.3. The fraction of sp³-hybridized carbons (Fsp3) is 0.846. The summed E-state index contributed by atoms with van der Waals surface area (Å²) < 4.78 is 0. The SMILES string of the molecule is C=C[C@@]1(O)CCC(C)(C)C[C@@H]2C[C@]21C. The van der Waals surface area contributed by atoms with Crippen LogP contribution in [0, 0.1) is 16.7 Å². The predicted molar refractivity (Wildman–Crippen MR) is 59.0 cm³/mol. The zero-order valence-electron chi connectivity index (χ0n) is 9.64. The van der Waals surface area contributed by atoms with Crippen molar-refractivity contribution in [3.63, 3.8) is 0 Å². The molecule has 0 spiro atoms. The summed E-state index contributed by atoms with van der Waals surface area (Å²) in [7, 11) is 0. The van der Waals surface area contributed by atoms with Crippen LogP contribution >= 0.6 is 0 Å². The molecule has 2 saturated carbocycles. The molecule has 0 amide bonds. The Morgan fingerprint density at radius 2 is 1.86 bits per heavy atom. The van der Waals surface area contributed by atoms with Crippen LogP contribution in [0.1, 0.15) is 46.5 Å². The fourth-order valence-corrected chi connectivity index (χ4v) is 3.20. The number of rotatable bonds is 1. The highest BCUT2D eigenvalue weighted by Crippen LogP contribution is 2.66. The van der Waals surface area contributed by atoms with Crippen LogP contribution in [0.25, 0.3) is 0 Å². The average molecular weight is 194 g/mol. The number of hydrogen-bond acceptors (Lipinski definition) is 1. The average Bonchev–Trinajstić information content (AvgIpc) is 2.73. The summed E-state index contributed by atoms with van der Waals surface area (Å²) in [5, 5.41) is 10.5. The molecule has 1 nitrogen and oxygen atoms in total. The summed E-state index contributed by atoms with van der Waals surface area (Å²) in [4.78, 5) is 0. The van der Waals surface area contributed by atoms with E-state index in [-0.39, 0.29) is 5.41 Å². The summed E-state index contributed by atoms with van der Waals surface area (Å²) in [5.74, 6) is 0.711. The summed E-state index contributed by atoms with van der Waals surface area (Å²) >= 11 is 0. The Bertz CT molecular complexity index is 268. The lowest BCUT2D eigenvalue weighted by Crippen LogP contribution is -2.36. The van der Waals surface area contributed by atoms with Gasteiger partial charge in [-0.15, -0.1) is 6.58 Å². The molecule has 1 heteroatoms. The van der Waals surface area contributed by atoms with Gasteiger partial charge in [0, 0.05) is 5.41 Å². The molecule has 0 aromatic carbocycles. The van der Waals surface area contributed by atoms with Gasteiger partial charge in [-0.05, 0) is 37.0 Å². The predicted octanol–water partition coefficient (Wildman–Crippen LogP) is 3.14. The van der Waals surface area contributed by atoms with E-state index in [2.05, 4.69) is 27.4 Å². The van der Waals surface area contributed by atoms with E-state index in [9.17, 15) is 5.11 Å². The molecule has 0 aliphatic heterocycles. The first-order chi connectivity index (χ1) is 6.33. The monoisotopic (exact) mass is 194 g/mol. The molecule has 0 radical (unpaired) electrons. The Kier molecular flexibility index (Phi) is 1.92. The van der Waals surface area contributed by atoms with Crippen LogP contribution < -0.4 is 0 Å². The minimum absolute atomic E-state index is 0.127. The van der Waals surface area contributed by atoms with Gasteiger partial charge in [-0.1, -0.05) is 26.8 Å². The summed E-state index contributed by atoms with van der Waals surface area (Å²) in [6.45, 7) is 10.7. The molecule has 2 fully saturated rings. The Morgan fingerprint density at radius 3 is 2.43 bits per heavy atom. The maximum Gasteiger partial charge on any atom is 0.0881 e. The molecule has 1 N–H and O–H groups in total. The Hall–Kier alpha value is -0.300. The molecule has 2 aliphatic carbocycles. The second kappa shape index (κ2) is 2.63. The van der Waals surface area contributed by atoms with Crippen molar-refractivity contribution >= 4 is 0 Å². The molecule has 2 aliphatic rings. The minimum Gasteiger partial charge on any atom is -0.385 e. The molecular formula is C13H22O. The smallest absolute Gasteiger partial charge is 0.0881 e. The van der Waals surface area contributed by atoms with Crippen LogP contribution in [-0.4, -0.2) is 10.7 Å². The van der Waals surface area contributed by atoms with Crippen molar-refractivity contribution in [2.75, 3.05) is 0 Å². The summed E-state index contributed by atoms with van der Waals surface area (Å²) in [6.07, 6.45) is 6.23. The largest absolute Gasteiger partial charge is 0.385 e. The Morgan fingerprint density at radius 1 is 1.21 bits per heavy atom. The Labute approximate surface area is 87.2 Å². The van der Waals surface area contributed by atoms with Gasteiger partial charge in [-0.3, -0.25) is 0 Å². The van der Waals surface area contributed by atoms with Crippen molar-refractivity contribution in [1.29, 1.82) is 0 Å². The van der Waals surface area contributed by atoms with Gasteiger partial charge in [-0.25, -0.2) is 0 Å². The van der Waals surface area contributed by atoms with E-state index in [1.165, 1.54) is 12.8 Å². The number of hydrogen-bond donors (Lipinski definition) is 1. The van der Waals surface area contributed by atoms with Crippen LogP contribution in [-0.2, 0) is 0 Å². The Balaban J connectivity index is 2.28. The first kappa shape index (κ1) is 10.2. The van der Waals surface area contributed by atoms with Crippen LogP contribution in [0.3, 0.4) is 0 Å². The van der Waals surface area contributed by atoms with Gasteiger partial charge >= 0.3 is 0 Å². The van der Waals surface area contributed by atoms with Crippen LogP contribution in [0.15, 0.2) is 12.7 Å². The van der Waals surface area contributed by atoms with Gasteiger partial charge in [0.2, 0.25) is 0 Å². The first-order valence-corrected chi connectivity index (χ1v) is 5.69. The molecule has 0 heterocycles. The van der Waals surface area contributed by atoms with Crippen molar-refractivity contribution < 1.29 is 5.11 Å². The third kappa shape index (κ3) is 1.25. The van der Waals surface area contributed by atoms with Crippen molar-refractivity contribution in [3.05, 3.63) is 12.7 Å². The highest BCUT2D eigenvalue weighted by Gasteiger charge is 2.63. The number of fused-ring (bicyclic) bond motifs is 1. The molecule has 3 atom stereocenters. The molecule has 80 valence electrons. The molecule has 0 saturated heterocycles. The van der Waals surface area contributed by atoms with Crippen molar-refractivity contribution in [1.82, 2.24) is 0 Å². The normalized spacial score (nSPS) is 50.4. The van der Waals surface area contributed by atoms with E-state index in [1.807, 2.05) is 0 Å². The zero-order chi connectivity index (χ0) is 10.6. The second-order valence-electron chi connectivity index (χ2n) is 6.32. The number of aliphatic hydroxyl groups is 1. The summed E-state index contributed by atoms with van der Waals surface area (Å²) in [6, 6.07) is 0. The first-order valence-electron chi connectivity index (χ1n) is 5.69.